The van der Waals surface area contributed by atoms with Gasteiger partial charge in [0.15, 0.2) is 0 Å². The lowest BCUT2D eigenvalue weighted by Crippen LogP contribution is -2.34. The normalized spacial score (nSPS) is 18.2. The highest BCUT2D eigenvalue weighted by Gasteiger charge is 2.41. The zero-order chi connectivity index (χ0) is 16.2. The van der Waals surface area contributed by atoms with Crippen molar-refractivity contribution in [2.24, 2.45) is 0 Å². The molecule has 0 amide bonds. The van der Waals surface area contributed by atoms with E-state index in [1.54, 1.807) is 24.3 Å². The Kier molecular flexibility index (Phi) is 5.47. The van der Waals surface area contributed by atoms with Gasteiger partial charge in [0, 0.05) is 6.54 Å². The van der Waals surface area contributed by atoms with Crippen LogP contribution in [0.15, 0.2) is 29.2 Å². The summed E-state index contributed by atoms with van der Waals surface area (Å²) in [5.41, 5.74) is -0.404. The first-order valence-electron chi connectivity index (χ1n) is 7.75. The summed E-state index contributed by atoms with van der Waals surface area (Å²) in [7, 11) is -3.44. The van der Waals surface area contributed by atoms with Gasteiger partial charge in [0.1, 0.15) is 17.5 Å². The summed E-state index contributed by atoms with van der Waals surface area (Å²) >= 11 is 0. The molecule has 1 aromatic carbocycles. The third-order valence-electron chi connectivity index (χ3n) is 3.70. The Morgan fingerprint density at radius 2 is 1.91 bits per heavy atom. The van der Waals surface area contributed by atoms with Crippen molar-refractivity contribution < 1.29 is 17.9 Å². The predicted octanol–water partition coefficient (Wildman–Crippen LogP) is 2.71. The zero-order valence-electron chi connectivity index (χ0n) is 13.5. The van der Waals surface area contributed by atoms with Gasteiger partial charge in [-0.25, -0.2) is 13.1 Å². The molecular weight excluding hydrogens is 302 g/mol. The lowest BCUT2D eigenvalue weighted by atomic mass is 10.1. The first-order chi connectivity index (χ1) is 10.3. The van der Waals surface area contributed by atoms with Crippen molar-refractivity contribution in [1.82, 2.24) is 4.72 Å². The Hall–Kier alpha value is -1.11. The van der Waals surface area contributed by atoms with Gasteiger partial charge in [0.2, 0.25) is 10.0 Å². The number of nitrogens with one attached hydrogen (secondary N) is 1. The van der Waals surface area contributed by atoms with E-state index < -0.39 is 15.6 Å². The van der Waals surface area contributed by atoms with Crippen molar-refractivity contribution >= 4 is 10.0 Å². The fourth-order valence-electron chi connectivity index (χ4n) is 2.17. The fraction of sp³-hybridized carbons (Fsp3) is 0.625. The van der Waals surface area contributed by atoms with Crippen LogP contribution in [-0.2, 0) is 14.8 Å². The van der Waals surface area contributed by atoms with Crippen LogP contribution in [0.1, 0.15) is 40.0 Å². The van der Waals surface area contributed by atoms with Crippen LogP contribution in [-0.4, -0.2) is 33.3 Å². The van der Waals surface area contributed by atoms with Crippen molar-refractivity contribution in [2.75, 3.05) is 13.2 Å². The van der Waals surface area contributed by atoms with Crippen LogP contribution in [0.2, 0.25) is 0 Å². The monoisotopic (exact) mass is 327 g/mol. The second-order valence-corrected chi connectivity index (χ2v) is 7.87. The minimum absolute atomic E-state index is 0.108. The summed E-state index contributed by atoms with van der Waals surface area (Å²) in [4.78, 5) is 0.261. The first-order valence-corrected chi connectivity index (χ1v) is 9.24. The maximum atomic E-state index is 12.1. The van der Waals surface area contributed by atoms with Gasteiger partial charge in [0.25, 0.3) is 0 Å². The van der Waals surface area contributed by atoms with Crippen molar-refractivity contribution in [1.29, 1.82) is 0 Å². The minimum Gasteiger partial charge on any atom is -0.485 e. The zero-order valence-corrected chi connectivity index (χ0v) is 14.3. The maximum absolute atomic E-state index is 12.1. The average Bonchev–Trinajstić information content (AvgIpc) is 3.29. The van der Waals surface area contributed by atoms with Crippen LogP contribution in [0.5, 0.6) is 5.75 Å². The summed E-state index contributed by atoms with van der Waals surface area (Å²) in [5.74, 6) is 0.644. The standard InChI is InChI=1S/C16H25NO4S/c1-4-5-6-11-17-22(18,19)14-9-7-13(8-10-14)21-16(2,3)15-12-20-15/h7-10,15,17H,4-6,11-12H2,1-3H3. The smallest absolute Gasteiger partial charge is 0.240 e. The third-order valence-corrected chi connectivity index (χ3v) is 5.17. The first kappa shape index (κ1) is 17.2. The number of epoxide rings is 1. The number of hydrogen-bond acceptors (Lipinski definition) is 4. The number of unbranched alkanes of at least 4 members (excludes halogenated alkanes) is 2. The molecule has 0 radical (unpaired) electrons. The van der Waals surface area contributed by atoms with Gasteiger partial charge in [-0.2, -0.15) is 0 Å². The molecule has 22 heavy (non-hydrogen) atoms. The van der Waals surface area contributed by atoms with Gasteiger partial charge in [-0.1, -0.05) is 19.8 Å². The number of ether oxygens (including phenoxy) is 2. The van der Waals surface area contributed by atoms with Gasteiger partial charge >= 0.3 is 0 Å². The Balaban J connectivity index is 1.95. The molecule has 0 aromatic heterocycles. The average molecular weight is 327 g/mol. The second kappa shape index (κ2) is 6.98. The van der Waals surface area contributed by atoms with Gasteiger partial charge in [0.05, 0.1) is 11.5 Å². The van der Waals surface area contributed by atoms with Crippen molar-refractivity contribution in [3.63, 3.8) is 0 Å². The van der Waals surface area contributed by atoms with Gasteiger partial charge in [-0.3, -0.25) is 0 Å². The van der Waals surface area contributed by atoms with E-state index >= 15 is 0 Å². The number of sulfonamides is 1. The summed E-state index contributed by atoms with van der Waals surface area (Å²) in [6.07, 6.45) is 3.05. The molecule has 1 aliphatic heterocycles. The van der Waals surface area contributed by atoms with Crippen LogP contribution in [0.3, 0.4) is 0 Å². The number of rotatable bonds is 9. The van der Waals surface area contributed by atoms with Crippen molar-refractivity contribution in [3.8, 4) is 5.75 Å². The van der Waals surface area contributed by atoms with Gasteiger partial charge < -0.3 is 9.47 Å². The molecule has 1 aliphatic rings. The molecule has 0 aliphatic carbocycles. The van der Waals surface area contributed by atoms with E-state index in [9.17, 15) is 8.42 Å². The minimum atomic E-state index is -3.44. The number of hydrogen-bond donors (Lipinski definition) is 1. The molecule has 1 fully saturated rings. The topological polar surface area (TPSA) is 67.9 Å². The number of benzene rings is 1. The largest absolute Gasteiger partial charge is 0.485 e. The van der Waals surface area contributed by atoms with Crippen molar-refractivity contribution in [3.05, 3.63) is 24.3 Å². The lowest BCUT2D eigenvalue weighted by Gasteiger charge is -2.24. The van der Waals surface area contributed by atoms with E-state index in [1.165, 1.54) is 0 Å². The van der Waals surface area contributed by atoms with Crippen LogP contribution < -0.4 is 9.46 Å². The predicted molar refractivity (Wildman–Crippen MR) is 85.6 cm³/mol. The highest BCUT2D eigenvalue weighted by atomic mass is 32.2. The van der Waals surface area contributed by atoms with Crippen LogP contribution in [0.25, 0.3) is 0 Å². The molecule has 5 nitrogen and oxygen atoms in total. The van der Waals surface area contributed by atoms with E-state index in [0.29, 0.717) is 18.9 Å². The van der Waals surface area contributed by atoms with E-state index in [1.807, 2.05) is 13.8 Å². The van der Waals surface area contributed by atoms with Crippen LogP contribution in [0, 0.1) is 0 Å². The molecule has 124 valence electrons. The molecule has 1 unspecified atom stereocenters. The quantitative estimate of drug-likeness (QED) is 0.559. The molecule has 1 atom stereocenters. The summed E-state index contributed by atoms with van der Waals surface area (Å²) in [6, 6.07) is 6.51. The summed E-state index contributed by atoms with van der Waals surface area (Å²) in [5, 5.41) is 0. The SMILES string of the molecule is CCCCCNS(=O)(=O)c1ccc(OC(C)(C)C2CO2)cc1. The van der Waals surface area contributed by atoms with Crippen LogP contribution in [0.4, 0.5) is 0 Å². The molecule has 1 aromatic rings. The lowest BCUT2D eigenvalue weighted by molar-refractivity contribution is 0.0743. The Morgan fingerprint density at radius 3 is 2.45 bits per heavy atom. The third kappa shape index (κ3) is 4.69. The maximum Gasteiger partial charge on any atom is 0.240 e. The molecular formula is C16H25NO4S. The van der Waals surface area contributed by atoms with E-state index in [-0.39, 0.29) is 11.0 Å². The van der Waals surface area contributed by atoms with E-state index in [0.717, 1.165) is 19.3 Å². The Labute approximate surface area is 133 Å². The molecule has 1 saturated heterocycles. The molecule has 1 N–H and O–H groups in total. The molecule has 6 heteroatoms. The summed E-state index contributed by atoms with van der Waals surface area (Å²) in [6.45, 7) is 7.19. The molecule has 0 saturated carbocycles. The van der Waals surface area contributed by atoms with Crippen molar-refractivity contribution in [2.45, 2.75) is 56.6 Å². The van der Waals surface area contributed by atoms with Gasteiger partial charge in [-0.05, 0) is 44.5 Å². The van der Waals surface area contributed by atoms with E-state index in [2.05, 4.69) is 11.6 Å². The molecule has 0 spiro atoms. The highest BCUT2D eigenvalue weighted by Crippen LogP contribution is 2.29. The Morgan fingerprint density at radius 1 is 1.27 bits per heavy atom. The highest BCUT2D eigenvalue weighted by molar-refractivity contribution is 7.89. The van der Waals surface area contributed by atoms with Gasteiger partial charge in [-0.15, -0.1) is 0 Å². The molecule has 0 bridgehead atoms. The van der Waals surface area contributed by atoms with Crippen LogP contribution >= 0.6 is 0 Å². The van der Waals surface area contributed by atoms with E-state index in [4.69, 9.17) is 9.47 Å². The fourth-order valence-corrected chi connectivity index (χ4v) is 3.24. The molecule has 2 rings (SSSR count). The second-order valence-electron chi connectivity index (χ2n) is 6.10. The Bertz CT molecular complexity index is 577. The summed E-state index contributed by atoms with van der Waals surface area (Å²) < 4.78 is 38.0. The molecule has 1 heterocycles.